The van der Waals surface area contributed by atoms with Crippen molar-refractivity contribution in [3.63, 3.8) is 0 Å². The van der Waals surface area contributed by atoms with E-state index in [4.69, 9.17) is 17.3 Å². The van der Waals surface area contributed by atoms with Crippen molar-refractivity contribution in [2.75, 3.05) is 11.1 Å². The summed E-state index contributed by atoms with van der Waals surface area (Å²) in [6, 6.07) is 8.43. The van der Waals surface area contributed by atoms with Crippen LogP contribution >= 0.6 is 22.9 Å². The van der Waals surface area contributed by atoms with Gasteiger partial charge >= 0.3 is 0 Å². The highest BCUT2D eigenvalue weighted by Gasteiger charge is 2.10. The number of fused-ring (bicyclic) bond motifs is 1. The first kappa shape index (κ1) is 13.1. The minimum atomic E-state index is -0.497. The summed E-state index contributed by atoms with van der Waals surface area (Å²) in [6.07, 6.45) is 0. The van der Waals surface area contributed by atoms with E-state index in [0.717, 1.165) is 15.2 Å². The maximum atomic E-state index is 13.9. The van der Waals surface area contributed by atoms with E-state index >= 15 is 0 Å². The highest BCUT2D eigenvalue weighted by molar-refractivity contribution is 7.18. The van der Waals surface area contributed by atoms with E-state index in [1.54, 1.807) is 23.5 Å². The molecule has 1 heterocycles. The van der Waals surface area contributed by atoms with Gasteiger partial charge in [0, 0.05) is 0 Å². The molecule has 0 unspecified atom stereocenters. The minimum Gasteiger partial charge on any atom is -0.397 e. The summed E-state index contributed by atoms with van der Waals surface area (Å²) in [7, 11) is 0. The minimum absolute atomic E-state index is 0.0687. The van der Waals surface area contributed by atoms with E-state index in [9.17, 15) is 4.39 Å². The van der Waals surface area contributed by atoms with Crippen molar-refractivity contribution < 1.29 is 4.39 Å². The summed E-state index contributed by atoms with van der Waals surface area (Å²) >= 11 is 7.33. The molecule has 6 heteroatoms. The number of anilines is 3. The smallest absolute Gasteiger partial charge is 0.165 e. The predicted octanol–water partition coefficient (Wildman–Crippen LogP) is 4.72. The largest absolute Gasteiger partial charge is 0.397 e. The van der Waals surface area contributed by atoms with Gasteiger partial charge in [0.05, 0.1) is 37.3 Å². The van der Waals surface area contributed by atoms with Crippen LogP contribution in [0.1, 0.15) is 5.01 Å². The summed E-state index contributed by atoms with van der Waals surface area (Å²) < 4.78 is 14.9. The van der Waals surface area contributed by atoms with Gasteiger partial charge in [-0.15, -0.1) is 11.3 Å². The van der Waals surface area contributed by atoms with Crippen LogP contribution < -0.4 is 11.1 Å². The van der Waals surface area contributed by atoms with Crippen LogP contribution in [-0.4, -0.2) is 4.98 Å². The molecular formula is C14H11ClFN3S. The van der Waals surface area contributed by atoms with E-state index in [1.807, 2.05) is 19.1 Å². The fourth-order valence-electron chi connectivity index (χ4n) is 1.96. The standard InChI is InChI=1S/C14H11ClFN3S/c1-7-18-12-6-11(9(17)5-13(12)20-7)19-10-4-2-3-8(15)14(10)16/h2-6,19H,17H2,1H3. The van der Waals surface area contributed by atoms with Gasteiger partial charge < -0.3 is 11.1 Å². The number of nitrogens with one attached hydrogen (secondary N) is 1. The molecule has 0 aliphatic carbocycles. The summed E-state index contributed by atoms with van der Waals surface area (Å²) in [4.78, 5) is 4.40. The average molecular weight is 308 g/mol. The highest BCUT2D eigenvalue weighted by Crippen LogP contribution is 2.33. The molecule has 2 aromatic carbocycles. The van der Waals surface area contributed by atoms with E-state index in [1.165, 1.54) is 6.07 Å². The van der Waals surface area contributed by atoms with Crippen molar-refractivity contribution in [3.05, 3.63) is 46.2 Å². The van der Waals surface area contributed by atoms with Crippen molar-refractivity contribution in [1.82, 2.24) is 4.98 Å². The van der Waals surface area contributed by atoms with Crippen LogP contribution in [0.4, 0.5) is 21.5 Å². The number of aryl methyl sites for hydroxylation is 1. The molecular weight excluding hydrogens is 297 g/mol. The number of nitrogen functional groups attached to an aromatic ring is 1. The highest BCUT2D eigenvalue weighted by atomic mass is 35.5. The zero-order chi connectivity index (χ0) is 14.3. The molecule has 3 aromatic rings. The molecule has 0 radical (unpaired) electrons. The van der Waals surface area contributed by atoms with Gasteiger partial charge in [-0.25, -0.2) is 9.37 Å². The Morgan fingerprint density at radius 1 is 1.30 bits per heavy atom. The Morgan fingerprint density at radius 3 is 2.90 bits per heavy atom. The van der Waals surface area contributed by atoms with Gasteiger partial charge in [0.2, 0.25) is 0 Å². The second kappa shape index (κ2) is 4.92. The van der Waals surface area contributed by atoms with Crippen molar-refractivity contribution >= 4 is 50.2 Å². The third-order valence-electron chi connectivity index (χ3n) is 2.89. The van der Waals surface area contributed by atoms with Crippen LogP contribution in [0.2, 0.25) is 5.02 Å². The second-order valence-electron chi connectivity index (χ2n) is 4.37. The number of thiazole rings is 1. The number of halogens is 2. The fraction of sp³-hybridized carbons (Fsp3) is 0.0714. The normalized spacial score (nSPS) is 10.9. The van der Waals surface area contributed by atoms with E-state index in [2.05, 4.69) is 10.3 Å². The number of nitrogens with zero attached hydrogens (tertiary/aromatic N) is 1. The Kier molecular flexibility index (Phi) is 3.23. The van der Waals surface area contributed by atoms with Crippen molar-refractivity contribution in [3.8, 4) is 0 Å². The van der Waals surface area contributed by atoms with Crippen LogP contribution in [0.25, 0.3) is 10.2 Å². The molecule has 0 fully saturated rings. The van der Waals surface area contributed by atoms with Crippen LogP contribution in [0.15, 0.2) is 30.3 Å². The number of hydrogen-bond donors (Lipinski definition) is 2. The number of rotatable bonds is 2. The zero-order valence-corrected chi connectivity index (χ0v) is 12.1. The van der Waals surface area contributed by atoms with Gasteiger partial charge in [-0.1, -0.05) is 17.7 Å². The first-order valence-corrected chi connectivity index (χ1v) is 7.12. The van der Waals surface area contributed by atoms with Crippen molar-refractivity contribution in [2.24, 2.45) is 0 Å². The lowest BCUT2D eigenvalue weighted by Crippen LogP contribution is -1.98. The lowest BCUT2D eigenvalue weighted by molar-refractivity contribution is 0.632. The molecule has 1 aromatic heterocycles. The number of benzene rings is 2. The van der Waals surface area contributed by atoms with Gasteiger partial charge in [0.15, 0.2) is 5.82 Å². The third kappa shape index (κ3) is 2.30. The van der Waals surface area contributed by atoms with Gasteiger partial charge in [0.1, 0.15) is 0 Å². The fourth-order valence-corrected chi connectivity index (χ4v) is 2.99. The van der Waals surface area contributed by atoms with Gasteiger partial charge in [-0.2, -0.15) is 0 Å². The molecule has 0 atom stereocenters. The van der Waals surface area contributed by atoms with Gasteiger partial charge in [-0.3, -0.25) is 0 Å². The molecule has 0 aliphatic heterocycles. The van der Waals surface area contributed by atoms with Gasteiger partial charge in [0.25, 0.3) is 0 Å². The summed E-state index contributed by atoms with van der Waals surface area (Å²) in [5.41, 5.74) is 8.28. The van der Waals surface area contributed by atoms with Gasteiger partial charge in [-0.05, 0) is 31.2 Å². The number of nitrogens with two attached hydrogens (primary N) is 1. The zero-order valence-electron chi connectivity index (χ0n) is 10.6. The van der Waals surface area contributed by atoms with Crippen LogP contribution in [0.5, 0.6) is 0 Å². The Labute approximate surface area is 124 Å². The summed E-state index contributed by atoms with van der Waals surface area (Å²) in [5.74, 6) is -0.497. The Hall–Kier alpha value is -1.85. The quantitative estimate of drug-likeness (QED) is 0.673. The molecule has 3 N–H and O–H groups in total. The Morgan fingerprint density at radius 2 is 2.10 bits per heavy atom. The van der Waals surface area contributed by atoms with Crippen molar-refractivity contribution in [1.29, 1.82) is 0 Å². The summed E-state index contributed by atoms with van der Waals surface area (Å²) in [6.45, 7) is 1.94. The Balaban J connectivity index is 2.05. The van der Waals surface area contributed by atoms with E-state index in [-0.39, 0.29) is 10.7 Å². The lowest BCUT2D eigenvalue weighted by Gasteiger charge is -2.10. The Bertz CT molecular complexity index is 800. The molecule has 0 amide bonds. The maximum Gasteiger partial charge on any atom is 0.165 e. The second-order valence-corrected chi connectivity index (χ2v) is 6.01. The molecule has 0 spiro atoms. The molecule has 0 bridgehead atoms. The molecule has 102 valence electrons. The SMILES string of the molecule is Cc1nc2cc(Nc3cccc(Cl)c3F)c(N)cc2s1. The molecule has 3 nitrogen and oxygen atoms in total. The average Bonchev–Trinajstić information content (AvgIpc) is 2.74. The first-order valence-electron chi connectivity index (χ1n) is 5.92. The predicted molar refractivity (Wildman–Crippen MR) is 83.5 cm³/mol. The van der Waals surface area contributed by atoms with E-state index in [0.29, 0.717) is 11.4 Å². The topological polar surface area (TPSA) is 50.9 Å². The molecule has 0 saturated heterocycles. The number of aromatic nitrogens is 1. The van der Waals surface area contributed by atoms with Crippen molar-refractivity contribution in [2.45, 2.75) is 6.92 Å². The van der Waals surface area contributed by atoms with Crippen LogP contribution in [0.3, 0.4) is 0 Å². The molecule has 3 rings (SSSR count). The molecule has 0 aliphatic rings. The molecule has 20 heavy (non-hydrogen) atoms. The maximum absolute atomic E-state index is 13.9. The van der Waals surface area contributed by atoms with Crippen LogP contribution in [0, 0.1) is 12.7 Å². The lowest BCUT2D eigenvalue weighted by atomic mass is 10.2. The summed E-state index contributed by atoms with van der Waals surface area (Å²) in [5, 5.41) is 3.99. The number of hydrogen-bond acceptors (Lipinski definition) is 4. The van der Waals surface area contributed by atoms with E-state index < -0.39 is 5.82 Å². The monoisotopic (exact) mass is 307 g/mol. The third-order valence-corrected chi connectivity index (χ3v) is 4.11. The molecule has 0 saturated carbocycles. The van der Waals surface area contributed by atoms with Crippen LogP contribution in [-0.2, 0) is 0 Å². The first-order chi connectivity index (χ1) is 9.54.